The molecule has 1 rings (SSSR count). The number of nitrogens with zero attached hydrogens (tertiary/aromatic N) is 2. The Morgan fingerprint density at radius 1 is 1.60 bits per heavy atom. The Kier molecular flexibility index (Phi) is 3.76. The molecule has 1 unspecified atom stereocenters. The highest BCUT2D eigenvalue weighted by atomic mass is 32.2. The number of rotatable bonds is 5. The van der Waals surface area contributed by atoms with Crippen LogP contribution in [0.3, 0.4) is 0 Å². The summed E-state index contributed by atoms with van der Waals surface area (Å²) in [5.41, 5.74) is 0. The largest absolute Gasteiger partial charge is 0.340 e. The second kappa shape index (κ2) is 4.67. The van der Waals surface area contributed by atoms with Gasteiger partial charge in [0.2, 0.25) is 0 Å². The van der Waals surface area contributed by atoms with Crippen LogP contribution >= 0.6 is 0 Å². The highest BCUT2D eigenvalue weighted by molar-refractivity contribution is 7.86. The van der Waals surface area contributed by atoms with Crippen molar-refractivity contribution in [1.82, 2.24) is 9.80 Å². The van der Waals surface area contributed by atoms with Crippen LogP contribution in [0, 0.1) is 0 Å². The van der Waals surface area contributed by atoms with E-state index in [1.807, 2.05) is 6.92 Å². The van der Waals surface area contributed by atoms with E-state index in [4.69, 9.17) is 4.55 Å². The molecule has 0 aliphatic carbocycles. The van der Waals surface area contributed by atoms with Crippen LogP contribution < -0.4 is 0 Å². The van der Waals surface area contributed by atoms with Crippen LogP contribution in [0.15, 0.2) is 25.2 Å². The fourth-order valence-corrected chi connectivity index (χ4v) is 2.51. The van der Waals surface area contributed by atoms with Gasteiger partial charge in [-0.2, -0.15) is 8.42 Å². The number of hydrogen-bond donors (Lipinski definition) is 1. The van der Waals surface area contributed by atoms with Crippen molar-refractivity contribution in [1.29, 1.82) is 0 Å². The molecular weight excluding hydrogens is 216 g/mol. The van der Waals surface area contributed by atoms with Gasteiger partial charge in [-0.1, -0.05) is 19.9 Å². The third-order valence-electron chi connectivity index (χ3n) is 2.26. The zero-order chi connectivity index (χ0) is 11.5. The van der Waals surface area contributed by atoms with Crippen molar-refractivity contribution in [2.75, 3.05) is 6.67 Å². The summed E-state index contributed by atoms with van der Waals surface area (Å²) in [6.07, 6.45) is 6.08. The topological polar surface area (TPSA) is 60.9 Å². The van der Waals surface area contributed by atoms with Gasteiger partial charge in [0.1, 0.15) is 0 Å². The van der Waals surface area contributed by atoms with Gasteiger partial charge in [-0.3, -0.25) is 4.55 Å². The Morgan fingerprint density at radius 2 is 2.27 bits per heavy atom. The van der Waals surface area contributed by atoms with Crippen LogP contribution in [0.5, 0.6) is 0 Å². The second-order valence-corrected chi connectivity index (χ2v) is 4.98. The summed E-state index contributed by atoms with van der Waals surface area (Å²) in [6.45, 7) is 5.87. The summed E-state index contributed by atoms with van der Waals surface area (Å²) in [4.78, 5) is 3.33. The van der Waals surface area contributed by atoms with Crippen LogP contribution in [-0.2, 0) is 10.1 Å². The quantitative estimate of drug-likeness (QED) is 0.721. The molecule has 0 bridgehead atoms. The van der Waals surface area contributed by atoms with E-state index in [1.165, 1.54) is 0 Å². The highest BCUT2D eigenvalue weighted by Gasteiger charge is 2.29. The van der Waals surface area contributed by atoms with Gasteiger partial charge in [0, 0.05) is 12.4 Å². The van der Waals surface area contributed by atoms with Crippen LogP contribution in [-0.4, -0.2) is 34.8 Å². The van der Waals surface area contributed by atoms with Crippen molar-refractivity contribution in [2.45, 2.75) is 25.1 Å². The van der Waals surface area contributed by atoms with Gasteiger partial charge in [0.15, 0.2) is 5.37 Å². The Hall–Kier alpha value is -1.01. The first-order valence-electron chi connectivity index (χ1n) is 4.77. The molecule has 0 fully saturated rings. The lowest BCUT2D eigenvalue weighted by atomic mass is 10.3. The fourth-order valence-electron chi connectivity index (χ4n) is 1.49. The van der Waals surface area contributed by atoms with Crippen molar-refractivity contribution in [2.24, 2.45) is 0 Å². The summed E-state index contributed by atoms with van der Waals surface area (Å²) in [5, 5.41) is -0.858. The molecule has 0 aromatic carbocycles. The van der Waals surface area contributed by atoms with E-state index in [-0.39, 0.29) is 0 Å². The summed E-state index contributed by atoms with van der Waals surface area (Å²) < 4.78 is 31.4. The van der Waals surface area contributed by atoms with E-state index in [2.05, 4.69) is 6.58 Å². The molecule has 0 spiro atoms. The third-order valence-corrected chi connectivity index (χ3v) is 3.45. The smallest absolute Gasteiger partial charge is 0.286 e. The maximum absolute atomic E-state index is 11.1. The minimum atomic E-state index is -4.03. The van der Waals surface area contributed by atoms with E-state index in [0.29, 0.717) is 19.5 Å². The maximum Gasteiger partial charge on any atom is 0.286 e. The van der Waals surface area contributed by atoms with Gasteiger partial charge in [-0.05, 0) is 12.6 Å². The van der Waals surface area contributed by atoms with Crippen molar-refractivity contribution >= 4 is 10.1 Å². The van der Waals surface area contributed by atoms with E-state index >= 15 is 0 Å². The average molecular weight is 232 g/mol. The Balaban J connectivity index is 2.76. The molecule has 6 heteroatoms. The third kappa shape index (κ3) is 2.97. The van der Waals surface area contributed by atoms with Crippen LogP contribution in [0.4, 0.5) is 0 Å². The van der Waals surface area contributed by atoms with E-state index < -0.39 is 15.5 Å². The van der Waals surface area contributed by atoms with Gasteiger partial charge in [0.25, 0.3) is 10.1 Å². The maximum atomic E-state index is 11.1. The van der Waals surface area contributed by atoms with E-state index in [9.17, 15) is 8.42 Å². The predicted molar refractivity (Wildman–Crippen MR) is 58.1 cm³/mol. The first kappa shape index (κ1) is 12.1. The van der Waals surface area contributed by atoms with Gasteiger partial charge in [0.05, 0.1) is 6.67 Å². The highest BCUT2D eigenvalue weighted by Crippen LogP contribution is 2.18. The SMILES string of the molecule is C=CN1C=CN(C(CCC)S(=O)(=O)O)C1. The molecule has 1 aliphatic rings. The molecule has 0 amide bonds. The molecule has 15 heavy (non-hydrogen) atoms. The first-order valence-corrected chi connectivity index (χ1v) is 6.28. The Morgan fingerprint density at radius 3 is 2.67 bits per heavy atom. The molecule has 0 aromatic rings. The van der Waals surface area contributed by atoms with E-state index in [1.54, 1.807) is 28.4 Å². The van der Waals surface area contributed by atoms with Crippen molar-refractivity contribution in [3.8, 4) is 0 Å². The first-order chi connectivity index (χ1) is 6.99. The van der Waals surface area contributed by atoms with Crippen molar-refractivity contribution in [3.05, 3.63) is 25.2 Å². The monoisotopic (exact) mass is 232 g/mol. The predicted octanol–water partition coefficient (Wildman–Crippen LogP) is 1.19. The molecule has 1 aliphatic heterocycles. The normalized spacial score (nSPS) is 18.3. The van der Waals surface area contributed by atoms with Crippen molar-refractivity contribution in [3.63, 3.8) is 0 Å². The van der Waals surface area contributed by atoms with Crippen LogP contribution in [0.25, 0.3) is 0 Å². The van der Waals surface area contributed by atoms with Crippen LogP contribution in [0.1, 0.15) is 19.8 Å². The average Bonchev–Trinajstić information content (AvgIpc) is 2.60. The summed E-state index contributed by atoms with van der Waals surface area (Å²) >= 11 is 0. The molecule has 1 N–H and O–H groups in total. The van der Waals surface area contributed by atoms with Crippen LogP contribution in [0.2, 0.25) is 0 Å². The molecule has 5 nitrogen and oxygen atoms in total. The summed E-state index contributed by atoms with van der Waals surface area (Å²) in [6, 6.07) is 0. The van der Waals surface area contributed by atoms with Gasteiger partial charge < -0.3 is 9.80 Å². The molecule has 1 atom stereocenters. The molecule has 1 heterocycles. The molecule has 0 radical (unpaired) electrons. The Labute approximate surface area is 90.4 Å². The minimum absolute atomic E-state index is 0.411. The second-order valence-electron chi connectivity index (χ2n) is 3.41. The standard InChI is InChI=1S/C9H16N2O3S/c1-3-5-9(15(12,13)14)11-7-6-10(4-2)8-11/h4,6-7,9H,2-3,5,8H2,1H3,(H,12,13,14). The van der Waals surface area contributed by atoms with Gasteiger partial charge in [-0.25, -0.2) is 0 Å². The summed E-state index contributed by atoms with van der Waals surface area (Å²) in [7, 11) is -4.03. The number of hydrogen-bond acceptors (Lipinski definition) is 4. The zero-order valence-corrected chi connectivity index (χ0v) is 9.52. The summed E-state index contributed by atoms with van der Waals surface area (Å²) in [5.74, 6) is 0. The minimum Gasteiger partial charge on any atom is -0.340 e. The molecule has 86 valence electrons. The Bertz CT molecular complexity index is 350. The lowest BCUT2D eigenvalue weighted by Crippen LogP contribution is -2.38. The molecular formula is C9H16N2O3S. The zero-order valence-electron chi connectivity index (χ0n) is 8.70. The molecule has 0 saturated heterocycles. The molecule has 0 aromatic heterocycles. The van der Waals surface area contributed by atoms with Crippen molar-refractivity contribution < 1.29 is 13.0 Å². The molecule has 0 saturated carbocycles. The van der Waals surface area contributed by atoms with E-state index in [0.717, 1.165) is 0 Å². The lowest BCUT2D eigenvalue weighted by Gasteiger charge is -2.25. The fraction of sp³-hybridized carbons (Fsp3) is 0.556. The van der Waals surface area contributed by atoms with Gasteiger partial charge >= 0.3 is 0 Å². The lowest BCUT2D eigenvalue weighted by molar-refractivity contribution is 0.267. The van der Waals surface area contributed by atoms with Gasteiger partial charge in [-0.15, -0.1) is 0 Å².